The number of hydrogen-bond acceptors (Lipinski definition) is 9. The Morgan fingerprint density at radius 2 is 1.68 bits per heavy atom. The number of hydrogen-bond donors (Lipinski definition) is 1. The molecule has 0 atom stereocenters. The normalized spacial score (nSPS) is 10.7. The van der Waals surface area contributed by atoms with Gasteiger partial charge in [-0.2, -0.15) is 9.61 Å². The maximum absolute atomic E-state index is 12.6. The molecule has 0 fully saturated rings. The Morgan fingerprint density at radius 3 is 2.41 bits per heavy atom. The zero-order valence-corrected chi connectivity index (χ0v) is 19.9. The first-order valence-corrected chi connectivity index (χ1v) is 11.1. The van der Waals surface area contributed by atoms with Crippen LogP contribution in [0.25, 0.3) is 16.9 Å². The fourth-order valence-electron chi connectivity index (χ4n) is 3.23. The molecule has 2 heterocycles. The summed E-state index contributed by atoms with van der Waals surface area (Å²) in [7, 11) is 6.27. The third-order valence-corrected chi connectivity index (χ3v) is 5.85. The lowest BCUT2D eigenvalue weighted by atomic mass is 10.1. The molecule has 11 heteroatoms. The van der Waals surface area contributed by atoms with E-state index in [2.05, 4.69) is 20.6 Å². The molecule has 0 bridgehead atoms. The minimum atomic E-state index is -0.221. The van der Waals surface area contributed by atoms with Gasteiger partial charge in [-0.15, -0.1) is 10.2 Å². The highest BCUT2D eigenvalue weighted by molar-refractivity contribution is 7.99. The van der Waals surface area contributed by atoms with Gasteiger partial charge < -0.3 is 24.3 Å². The molecule has 4 aromatic rings. The number of rotatable bonds is 9. The van der Waals surface area contributed by atoms with Gasteiger partial charge in [0, 0.05) is 11.6 Å². The second kappa shape index (κ2) is 10.3. The molecule has 4 rings (SSSR count). The van der Waals surface area contributed by atoms with Crippen LogP contribution in [0, 0.1) is 0 Å². The fourth-order valence-corrected chi connectivity index (χ4v) is 3.91. The maximum Gasteiger partial charge on any atom is 0.234 e. The van der Waals surface area contributed by atoms with Crippen molar-refractivity contribution in [3.8, 4) is 34.3 Å². The van der Waals surface area contributed by atoms with E-state index < -0.39 is 0 Å². The van der Waals surface area contributed by atoms with E-state index >= 15 is 0 Å². The Hall–Kier alpha value is -3.99. The van der Waals surface area contributed by atoms with Crippen LogP contribution in [0.15, 0.2) is 53.7 Å². The number of carbonyl (C=O) groups excluding carboxylic acids is 1. The first kappa shape index (κ1) is 23.2. The number of amides is 1. The van der Waals surface area contributed by atoms with Gasteiger partial charge in [-0.05, 0) is 42.5 Å². The number of thioether (sulfide) groups is 1. The Balaban J connectivity index is 1.51. The minimum absolute atomic E-state index is 0.109. The number of carbonyl (C=O) groups is 1. The highest BCUT2D eigenvalue weighted by atomic mass is 32.2. The summed E-state index contributed by atoms with van der Waals surface area (Å²) in [5.41, 5.74) is 2.66. The number of anilines is 1. The molecule has 0 saturated heterocycles. The van der Waals surface area contributed by atoms with Gasteiger partial charge in [-0.3, -0.25) is 4.79 Å². The standard InChI is InChI=1S/C23H23N5O5S/c1-30-15-6-7-17(19(12-15)32-3)24-22(29)13-34-23-26-25-21-10-8-16(27-28(21)23)14-5-9-18(31-2)20(11-14)33-4/h5-12H,13H2,1-4H3,(H,24,29). The van der Waals surface area contributed by atoms with E-state index in [1.807, 2.05) is 30.3 Å². The van der Waals surface area contributed by atoms with E-state index in [4.69, 9.17) is 18.9 Å². The van der Waals surface area contributed by atoms with Gasteiger partial charge in [0.15, 0.2) is 17.1 Å². The van der Waals surface area contributed by atoms with Crippen molar-refractivity contribution in [1.82, 2.24) is 19.8 Å². The Morgan fingerprint density at radius 1 is 0.882 bits per heavy atom. The maximum atomic E-state index is 12.6. The molecule has 34 heavy (non-hydrogen) atoms. The fraction of sp³-hybridized carbons (Fsp3) is 0.217. The molecule has 0 radical (unpaired) electrons. The number of aromatic nitrogens is 4. The SMILES string of the molecule is COc1ccc(NC(=O)CSc2nnc3ccc(-c4ccc(OC)c(OC)c4)nn23)c(OC)c1. The van der Waals surface area contributed by atoms with Crippen LogP contribution >= 0.6 is 11.8 Å². The van der Waals surface area contributed by atoms with Gasteiger partial charge in [0.05, 0.1) is 45.6 Å². The quantitative estimate of drug-likeness (QED) is 0.359. The molecule has 176 valence electrons. The predicted molar refractivity (Wildman–Crippen MR) is 128 cm³/mol. The number of nitrogens with zero attached hydrogens (tertiary/aromatic N) is 4. The third kappa shape index (κ3) is 4.84. The Kier molecular flexibility index (Phi) is 7.02. The van der Waals surface area contributed by atoms with Crippen LogP contribution in [-0.2, 0) is 4.79 Å². The summed E-state index contributed by atoms with van der Waals surface area (Å²) < 4.78 is 22.8. The van der Waals surface area contributed by atoms with Gasteiger partial charge in [-0.25, -0.2) is 0 Å². The van der Waals surface area contributed by atoms with Gasteiger partial charge in [-0.1, -0.05) is 11.8 Å². The Bertz CT molecular complexity index is 1330. The van der Waals surface area contributed by atoms with Crippen molar-refractivity contribution in [3.63, 3.8) is 0 Å². The van der Waals surface area contributed by atoms with Crippen molar-refractivity contribution in [1.29, 1.82) is 0 Å². The van der Waals surface area contributed by atoms with E-state index in [0.717, 1.165) is 5.56 Å². The van der Waals surface area contributed by atoms with E-state index in [1.165, 1.54) is 18.9 Å². The second-order valence-corrected chi connectivity index (χ2v) is 7.89. The molecule has 10 nitrogen and oxygen atoms in total. The number of fused-ring (bicyclic) bond motifs is 1. The van der Waals surface area contributed by atoms with Gasteiger partial charge in [0.2, 0.25) is 11.1 Å². The molecule has 0 aliphatic carbocycles. The number of benzene rings is 2. The minimum Gasteiger partial charge on any atom is -0.497 e. The van der Waals surface area contributed by atoms with E-state index in [9.17, 15) is 4.79 Å². The van der Waals surface area contributed by atoms with Gasteiger partial charge >= 0.3 is 0 Å². The first-order chi connectivity index (χ1) is 16.6. The highest BCUT2D eigenvalue weighted by Gasteiger charge is 2.14. The molecule has 2 aromatic heterocycles. The molecule has 0 spiro atoms. The summed E-state index contributed by atoms with van der Waals surface area (Å²) in [6.07, 6.45) is 0. The van der Waals surface area contributed by atoms with Crippen LogP contribution < -0.4 is 24.3 Å². The number of nitrogens with one attached hydrogen (secondary N) is 1. The predicted octanol–water partition coefficient (Wildman–Crippen LogP) is 3.56. The van der Waals surface area contributed by atoms with E-state index in [0.29, 0.717) is 45.2 Å². The zero-order valence-electron chi connectivity index (χ0n) is 19.1. The van der Waals surface area contributed by atoms with Crippen molar-refractivity contribution in [3.05, 3.63) is 48.5 Å². The van der Waals surface area contributed by atoms with Crippen LogP contribution in [0.1, 0.15) is 0 Å². The van der Waals surface area contributed by atoms with Crippen LogP contribution in [0.4, 0.5) is 5.69 Å². The van der Waals surface area contributed by atoms with Crippen LogP contribution in [-0.4, -0.2) is 59.9 Å². The summed E-state index contributed by atoms with van der Waals surface area (Å²) in [4.78, 5) is 12.6. The van der Waals surface area contributed by atoms with Crippen molar-refractivity contribution in [2.45, 2.75) is 5.16 Å². The average Bonchev–Trinajstić information content (AvgIpc) is 3.29. The summed E-state index contributed by atoms with van der Waals surface area (Å²) in [5, 5.41) is 16.3. The lowest BCUT2D eigenvalue weighted by molar-refractivity contribution is -0.113. The lowest BCUT2D eigenvalue weighted by Gasteiger charge is -2.11. The topological polar surface area (TPSA) is 109 Å². The van der Waals surface area contributed by atoms with Crippen molar-refractivity contribution in [2.24, 2.45) is 0 Å². The molecule has 1 N–H and O–H groups in total. The smallest absolute Gasteiger partial charge is 0.234 e. The number of methoxy groups -OCH3 is 4. The lowest BCUT2D eigenvalue weighted by Crippen LogP contribution is -2.15. The van der Waals surface area contributed by atoms with Gasteiger partial charge in [0.1, 0.15) is 11.5 Å². The third-order valence-electron chi connectivity index (χ3n) is 4.93. The Labute approximate surface area is 200 Å². The molecule has 0 saturated carbocycles. The summed E-state index contributed by atoms with van der Waals surface area (Å²) in [5.74, 6) is 2.26. The summed E-state index contributed by atoms with van der Waals surface area (Å²) in [6, 6.07) is 14.4. The molecule has 0 unspecified atom stereocenters. The van der Waals surface area contributed by atoms with E-state index in [-0.39, 0.29) is 11.7 Å². The molecule has 2 aromatic carbocycles. The van der Waals surface area contributed by atoms with Crippen molar-refractivity contribution in [2.75, 3.05) is 39.5 Å². The van der Waals surface area contributed by atoms with Crippen molar-refractivity contribution < 1.29 is 23.7 Å². The largest absolute Gasteiger partial charge is 0.497 e. The highest BCUT2D eigenvalue weighted by Crippen LogP contribution is 2.32. The average molecular weight is 482 g/mol. The summed E-state index contributed by atoms with van der Waals surface area (Å²) >= 11 is 1.23. The summed E-state index contributed by atoms with van der Waals surface area (Å²) in [6.45, 7) is 0. The molecular formula is C23H23N5O5S. The van der Waals surface area contributed by atoms with Crippen LogP contribution in [0.3, 0.4) is 0 Å². The molecule has 0 aliphatic rings. The monoisotopic (exact) mass is 481 g/mol. The molecule has 0 aliphatic heterocycles. The van der Waals surface area contributed by atoms with Crippen LogP contribution in [0.2, 0.25) is 0 Å². The number of ether oxygens (including phenoxy) is 4. The second-order valence-electron chi connectivity index (χ2n) is 6.94. The molecular weight excluding hydrogens is 458 g/mol. The zero-order chi connectivity index (χ0) is 24.1. The van der Waals surface area contributed by atoms with E-state index in [1.54, 1.807) is 44.0 Å². The first-order valence-electron chi connectivity index (χ1n) is 10.2. The van der Waals surface area contributed by atoms with Gasteiger partial charge in [0.25, 0.3) is 0 Å². The van der Waals surface area contributed by atoms with Crippen LogP contribution in [0.5, 0.6) is 23.0 Å². The van der Waals surface area contributed by atoms with Crippen molar-refractivity contribution >= 4 is 29.0 Å². The molecule has 1 amide bonds.